The molecule has 0 aliphatic carbocycles. The molecule has 0 saturated heterocycles. The van der Waals surface area contributed by atoms with Crippen molar-refractivity contribution in [3.8, 4) is 11.5 Å². The van der Waals surface area contributed by atoms with Gasteiger partial charge in [0.2, 0.25) is 0 Å². The van der Waals surface area contributed by atoms with Crippen molar-refractivity contribution in [2.45, 2.75) is 19.9 Å². The molecule has 0 atom stereocenters. The Morgan fingerprint density at radius 2 is 2.20 bits per heavy atom. The van der Waals surface area contributed by atoms with Crippen LogP contribution in [0.2, 0.25) is 0 Å². The summed E-state index contributed by atoms with van der Waals surface area (Å²) in [5.74, 6) is 0.889. The van der Waals surface area contributed by atoms with Crippen molar-refractivity contribution in [1.82, 2.24) is 19.5 Å². The van der Waals surface area contributed by atoms with E-state index in [9.17, 15) is 0 Å². The molecule has 5 heteroatoms. The minimum absolute atomic E-state index is 0.776. The first-order valence-corrected chi connectivity index (χ1v) is 5.59. The molecule has 0 aromatic carbocycles. The van der Waals surface area contributed by atoms with Crippen LogP contribution in [0.5, 0.6) is 0 Å². The standard InChI is InChI=1S/C10H11BrN4/c1-2-4-15-5-3-12-10(15)8-6-9(11)14-7-13-8/h3,5-7H,2,4H2,1H3. The summed E-state index contributed by atoms with van der Waals surface area (Å²) >= 11 is 3.32. The van der Waals surface area contributed by atoms with Crippen LogP contribution in [0, 0.1) is 0 Å². The first kappa shape index (κ1) is 10.3. The fourth-order valence-electron chi connectivity index (χ4n) is 1.42. The summed E-state index contributed by atoms with van der Waals surface area (Å²) in [7, 11) is 0. The van der Waals surface area contributed by atoms with Crippen LogP contribution in [0.4, 0.5) is 0 Å². The van der Waals surface area contributed by atoms with E-state index in [2.05, 4.69) is 42.4 Å². The first-order valence-electron chi connectivity index (χ1n) is 4.80. The predicted octanol–water partition coefficient (Wildman–Crippen LogP) is 2.51. The quantitative estimate of drug-likeness (QED) is 0.802. The molecular weight excluding hydrogens is 256 g/mol. The molecule has 2 rings (SSSR count). The van der Waals surface area contributed by atoms with Crippen molar-refractivity contribution in [1.29, 1.82) is 0 Å². The zero-order valence-electron chi connectivity index (χ0n) is 8.39. The van der Waals surface area contributed by atoms with E-state index in [0.29, 0.717) is 0 Å². The third kappa shape index (κ3) is 2.23. The number of imidazole rings is 1. The lowest BCUT2D eigenvalue weighted by molar-refractivity contribution is 0.683. The molecule has 0 fully saturated rings. The van der Waals surface area contributed by atoms with E-state index >= 15 is 0 Å². The number of hydrogen-bond donors (Lipinski definition) is 0. The average molecular weight is 267 g/mol. The number of aromatic nitrogens is 4. The van der Waals surface area contributed by atoms with E-state index in [1.807, 2.05) is 12.3 Å². The maximum atomic E-state index is 4.30. The lowest BCUT2D eigenvalue weighted by Gasteiger charge is -2.04. The van der Waals surface area contributed by atoms with Crippen molar-refractivity contribution >= 4 is 15.9 Å². The number of halogens is 1. The van der Waals surface area contributed by atoms with E-state index in [0.717, 1.165) is 29.1 Å². The second kappa shape index (κ2) is 4.53. The molecule has 0 radical (unpaired) electrons. The van der Waals surface area contributed by atoms with Crippen LogP contribution in [-0.2, 0) is 6.54 Å². The molecule has 2 aromatic heterocycles. The summed E-state index contributed by atoms with van der Waals surface area (Å²) in [6, 6.07) is 1.87. The van der Waals surface area contributed by atoms with Gasteiger partial charge in [-0.15, -0.1) is 0 Å². The Hall–Kier alpha value is -1.23. The maximum Gasteiger partial charge on any atom is 0.158 e. The smallest absolute Gasteiger partial charge is 0.158 e. The van der Waals surface area contributed by atoms with E-state index in [4.69, 9.17) is 0 Å². The summed E-state index contributed by atoms with van der Waals surface area (Å²) in [6.07, 6.45) is 6.37. The van der Waals surface area contributed by atoms with Crippen molar-refractivity contribution in [3.63, 3.8) is 0 Å². The van der Waals surface area contributed by atoms with Gasteiger partial charge in [0.15, 0.2) is 5.82 Å². The highest BCUT2D eigenvalue weighted by Crippen LogP contribution is 2.17. The molecule has 4 nitrogen and oxygen atoms in total. The van der Waals surface area contributed by atoms with Gasteiger partial charge in [-0.3, -0.25) is 0 Å². The predicted molar refractivity (Wildman–Crippen MR) is 61.2 cm³/mol. The summed E-state index contributed by atoms with van der Waals surface area (Å²) in [5, 5.41) is 0. The zero-order chi connectivity index (χ0) is 10.7. The minimum Gasteiger partial charge on any atom is -0.330 e. The van der Waals surface area contributed by atoms with Gasteiger partial charge in [-0.25, -0.2) is 15.0 Å². The number of hydrogen-bond acceptors (Lipinski definition) is 3. The molecular formula is C10H11BrN4. The van der Waals surface area contributed by atoms with E-state index in [1.54, 1.807) is 6.20 Å². The van der Waals surface area contributed by atoms with E-state index in [-0.39, 0.29) is 0 Å². The van der Waals surface area contributed by atoms with Crippen LogP contribution in [-0.4, -0.2) is 19.5 Å². The monoisotopic (exact) mass is 266 g/mol. The van der Waals surface area contributed by atoms with Crippen molar-refractivity contribution in [3.05, 3.63) is 29.4 Å². The van der Waals surface area contributed by atoms with Crippen LogP contribution in [0.25, 0.3) is 11.5 Å². The van der Waals surface area contributed by atoms with Crippen molar-refractivity contribution < 1.29 is 0 Å². The average Bonchev–Trinajstić information content (AvgIpc) is 2.66. The lowest BCUT2D eigenvalue weighted by Crippen LogP contribution is -1.99. The number of nitrogens with zero attached hydrogens (tertiary/aromatic N) is 4. The molecule has 2 heterocycles. The van der Waals surface area contributed by atoms with Gasteiger partial charge < -0.3 is 4.57 Å². The molecule has 0 unspecified atom stereocenters. The van der Waals surface area contributed by atoms with Gasteiger partial charge in [-0.1, -0.05) is 6.92 Å². The van der Waals surface area contributed by atoms with Gasteiger partial charge in [0, 0.05) is 25.0 Å². The summed E-state index contributed by atoms with van der Waals surface area (Å²) in [4.78, 5) is 12.5. The SMILES string of the molecule is CCCn1ccnc1-c1cc(Br)ncn1. The third-order valence-electron chi connectivity index (χ3n) is 2.04. The van der Waals surface area contributed by atoms with Crippen LogP contribution < -0.4 is 0 Å². The second-order valence-electron chi connectivity index (χ2n) is 3.17. The van der Waals surface area contributed by atoms with Gasteiger partial charge in [0.05, 0.1) is 0 Å². The summed E-state index contributed by atoms with van der Waals surface area (Å²) in [6.45, 7) is 3.09. The summed E-state index contributed by atoms with van der Waals surface area (Å²) < 4.78 is 2.87. The fraction of sp³-hybridized carbons (Fsp3) is 0.300. The molecule has 15 heavy (non-hydrogen) atoms. The Bertz CT molecular complexity index is 452. The Labute approximate surface area is 96.5 Å². The highest BCUT2D eigenvalue weighted by atomic mass is 79.9. The topological polar surface area (TPSA) is 43.6 Å². The van der Waals surface area contributed by atoms with Crippen LogP contribution in [0.3, 0.4) is 0 Å². The van der Waals surface area contributed by atoms with Crippen LogP contribution >= 0.6 is 15.9 Å². The van der Waals surface area contributed by atoms with Gasteiger partial charge in [0.25, 0.3) is 0 Å². The molecule has 0 aliphatic rings. The van der Waals surface area contributed by atoms with Gasteiger partial charge in [0.1, 0.15) is 16.6 Å². The molecule has 0 saturated carbocycles. The van der Waals surface area contributed by atoms with Crippen LogP contribution in [0.15, 0.2) is 29.4 Å². The number of aryl methyl sites for hydroxylation is 1. The molecule has 0 bridgehead atoms. The molecule has 0 aliphatic heterocycles. The van der Waals surface area contributed by atoms with Gasteiger partial charge in [-0.05, 0) is 22.4 Å². The van der Waals surface area contributed by atoms with E-state index < -0.39 is 0 Å². The van der Waals surface area contributed by atoms with Crippen LogP contribution in [0.1, 0.15) is 13.3 Å². The zero-order valence-corrected chi connectivity index (χ0v) is 9.98. The first-order chi connectivity index (χ1) is 7.31. The molecule has 0 N–H and O–H groups in total. The van der Waals surface area contributed by atoms with E-state index in [1.165, 1.54) is 6.33 Å². The van der Waals surface area contributed by atoms with Gasteiger partial charge >= 0.3 is 0 Å². The lowest BCUT2D eigenvalue weighted by atomic mass is 10.3. The van der Waals surface area contributed by atoms with Crippen molar-refractivity contribution in [2.24, 2.45) is 0 Å². The summed E-state index contributed by atoms with van der Waals surface area (Å²) in [5.41, 5.74) is 0.843. The molecule has 2 aromatic rings. The molecule has 0 amide bonds. The maximum absolute atomic E-state index is 4.30. The Morgan fingerprint density at radius 3 is 2.93 bits per heavy atom. The highest BCUT2D eigenvalue weighted by molar-refractivity contribution is 9.10. The van der Waals surface area contributed by atoms with Gasteiger partial charge in [-0.2, -0.15) is 0 Å². The Morgan fingerprint density at radius 1 is 1.33 bits per heavy atom. The Kier molecular flexibility index (Phi) is 3.11. The van der Waals surface area contributed by atoms with Crippen molar-refractivity contribution in [2.75, 3.05) is 0 Å². The fourth-order valence-corrected chi connectivity index (χ4v) is 1.73. The highest BCUT2D eigenvalue weighted by Gasteiger charge is 2.06. The second-order valence-corrected chi connectivity index (χ2v) is 3.98. The molecule has 78 valence electrons. The minimum atomic E-state index is 0.776. The third-order valence-corrected chi connectivity index (χ3v) is 2.48. The normalized spacial score (nSPS) is 10.5. The largest absolute Gasteiger partial charge is 0.330 e. The molecule has 0 spiro atoms. The number of rotatable bonds is 3. The Balaban J connectivity index is 2.40.